The Kier molecular flexibility index (Phi) is 7.31. The Morgan fingerprint density at radius 3 is 2.78 bits per heavy atom. The van der Waals surface area contributed by atoms with E-state index in [-0.39, 0.29) is 17.6 Å². The Morgan fingerprint density at radius 1 is 1.25 bits per heavy atom. The van der Waals surface area contributed by atoms with Crippen molar-refractivity contribution < 1.29 is 4.74 Å². The van der Waals surface area contributed by atoms with Crippen molar-refractivity contribution >= 4 is 44.6 Å². The lowest BCUT2D eigenvalue weighted by Gasteiger charge is -2.23. The van der Waals surface area contributed by atoms with Crippen molar-refractivity contribution in [3.8, 4) is 5.75 Å². The molecule has 7 heteroatoms. The summed E-state index contributed by atoms with van der Waals surface area (Å²) < 4.78 is 8.35. The number of ether oxygens (including phenoxy) is 1. The number of rotatable bonds is 6. The fraction of sp³-hybridized carbons (Fsp3) is 0.400. The highest BCUT2D eigenvalue weighted by molar-refractivity contribution is 9.10. The smallest absolute Gasteiger partial charge is 0.282 e. The number of nitrogens with zero attached hydrogens (tertiary/aromatic N) is 3. The number of hydrogen-bond acceptors (Lipinski definition) is 4. The topological polar surface area (TPSA) is 56.5 Å². The molecule has 1 aliphatic carbocycles. The van der Waals surface area contributed by atoms with Crippen molar-refractivity contribution in [1.29, 1.82) is 0 Å². The van der Waals surface area contributed by atoms with Gasteiger partial charge in [0.15, 0.2) is 0 Å². The minimum absolute atomic E-state index is 0.0588. The second-order valence-electron chi connectivity index (χ2n) is 8.35. The lowest BCUT2D eigenvalue weighted by molar-refractivity contribution is 0.217. The van der Waals surface area contributed by atoms with Gasteiger partial charge in [0, 0.05) is 21.0 Å². The summed E-state index contributed by atoms with van der Waals surface area (Å²) in [4.78, 5) is 18.4. The molecule has 0 radical (unpaired) electrons. The lowest BCUT2D eigenvalue weighted by atomic mass is 9.88. The van der Waals surface area contributed by atoms with Gasteiger partial charge in [-0.25, -0.2) is 4.98 Å². The first-order chi connectivity index (χ1) is 15.5. The summed E-state index contributed by atoms with van der Waals surface area (Å²) in [6.45, 7) is 4.09. The maximum atomic E-state index is 13.5. The Hall–Kier alpha value is -2.18. The molecule has 0 spiro atoms. The molecule has 168 valence electrons. The molecule has 0 bridgehead atoms. The SMILES string of the molecule is CC[C@H](C)Oc1ccc(Cl)cc1C=Nn1c(C2CCCCC2)nc2ccc(Br)cc2c1=O. The van der Waals surface area contributed by atoms with Gasteiger partial charge in [-0.15, -0.1) is 0 Å². The van der Waals surface area contributed by atoms with E-state index in [1.54, 1.807) is 24.4 Å². The largest absolute Gasteiger partial charge is 0.490 e. The normalized spacial score (nSPS) is 16.0. The molecule has 1 saturated carbocycles. The summed E-state index contributed by atoms with van der Waals surface area (Å²) in [5.41, 5.74) is 1.27. The lowest BCUT2D eigenvalue weighted by Crippen LogP contribution is -2.25. The van der Waals surface area contributed by atoms with Gasteiger partial charge in [-0.05, 0) is 62.6 Å². The zero-order valence-electron chi connectivity index (χ0n) is 18.4. The molecule has 0 unspecified atom stereocenters. The van der Waals surface area contributed by atoms with Gasteiger partial charge >= 0.3 is 0 Å². The maximum Gasteiger partial charge on any atom is 0.282 e. The Balaban J connectivity index is 1.83. The summed E-state index contributed by atoms with van der Waals surface area (Å²) in [7, 11) is 0. The third kappa shape index (κ3) is 5.07. The van der Waals surface area contributed by atoms with E-state index in [9.17, 15) is 4.79 Å². The first-order valence-electron chi connectivity index (χ1n) is 11.2. The van der Waals surface area contributed by atoms with Crippen LogP contribution in [0, 0.1) is 0 Å². The van der Waals surface area contributed by atoms with Crippen LogP contribution < -0.4 is 10.3 Å². The third-order valence-electron chi connectivity index (χ3n) is 5.99. The van der Waals surface area contributed by atoms with Gasteiger partial charge in [0.05, 0.1) is 23.2 Å². The van der Waals surface area contributed by atoms with Crippen LogP contribution in [-0.2, 0) is 0 Å². The summed E-state index contributed by atoms with van der Waals surface area (Å²) in [5.74, 6) is 1.64. The molecule has 0 N–H and O–H groups in total. The van der Waals surface area contributed by atoms with Crippen LogP contribution >= 0.6 is 27.5 Å². The van der Waals surface area contributed by atoms with Crippen LogP contribution in [0.25, 0.3) is 10.9 Å². The highest BCUT2D eigenvalue weighted by Crippen LogP contribution is 2.32. The van der Waals surface area contributed by atoms with Gasteiger partial charge in [-0.2, -0.15) is 9.78 Å². The molecule has 1 fully saturated rings. The molecular formula is C25H27BrClN3O2. The molecule has 1 heterocycles. The van der Waals surface area contributed by atoms with E-state index >= 15 is 0 Å². The molecular weight excluding hydrogens is 490 g/mol. The first-order valence-corrected chi connectivity index (χ1v) is 12.4. The zero-order valence-corrected chi connectivity index (χ0v) is 20.7. The van der Waals surface area contributed by atoms with Gasteiger partial charge in [-0.1, -0.05) is 53.7 Å². The summed E-state index contributed by atoms with van der Waals surface area (Å²) in [6, 6.07) is 11.0. The van der Waals surface area contributed by atoms with Crippen LogP contribution in [0.15, 0.2) is 50.8 Å². The van der Waals surface area contributed by atoms with Crippen LogP contribution in [0.2, 0.25) is 5.02 Å². The van der Waals surface area contributed by atoms with Crippen molar-refractivity contribution in [3.05, 3.63) is 67.6 Å². The minimum atomic E-state index is -0.167. The molecule has 2 aromatic carbocycles. The van der Waals surface area contributed by atoms with E-state index in [1.807, 2.05) is 25.1 Å². The molecule has 1 atom stereocenters. The zero-order chi connectivity index (χ0) is 22.7. The van der Waals surface area contributed by atoms with Crippen LogP contribution in [-0.4, -0.2) is 22.0 Å². The molecule has 0 amide bonds. The van der Waals surface area contributed by atoms with E-state index in [2.05, 4.69) is 28.0 Å². The third-order valence-corrected chi connectivity index (χ3v) is 6.72. The highest BCUT2D eigenvalue weighted by Gasteiger charge is 2.22. The van der Waals surface area contributed by atoms with Crippen molar-refractivity contribution in [2.45, 2.75) is 64.4 Å². The van der Waals surface area contributed by atoms with Crippen molar-refractivity contribution in [2.24, 2.45) is 5.10 Å². The average molecular weight is 517 g/mol. The Morgan fingerprint density at radius 2 is 2.03 bits per heavy atom. The number of halogens is 2. The van der Waals surface area contributed by atoms with Gasteiger partial charge in [-0.3, -0.25) is 4.79 Å². The van der Waals surface area contributed by atoms with Crippen LogP contribution in [0.1, 0.15) is 69.7 Å². The summed E-state index contributed by atoms with van der Waals surface area (Å²) >= 11 is 9.71. The van der Waals surface area contributed by atoms with E-state index in [4.69, 9.17) is 21.3 Å². The van der Waals surface area contributed by atoms with Gasteiger partial charge < -0.3 is 4.74 Å². The van der Waals surface area contributed by atoms with Crippen molar-refractivity contribution in [3.63, 3.8) is 0 Å². The molecule has 1 aromatic heterocycles. The summed E-state index contributed by atoms with van der Waals surface area (Å²) in [5, 5.41) is 5.76. The van der Waals surface area contributed by atoms with Crippen LogP contribution in [0.3, 0.4) is 0 Å². The summed E-state index contributed by atoms with van der Waals surface area (Å²) in [6.07, 6.45) is 8.14. The van der Waals surface area contributed by atoms with Gasteiger partial charge in [0.2, 0.25) is 0 Å². The highest BCUT2D eigenvalue weighted by atomic mass is 79.9. The van der Waals surface area contributed by atoms with Gasteiger partial charge in [0.25, 0.3) is 5.56 Å². The minimum Gasteiger partial charge on any atom is -0.490 e. The molecule has 4 rings (SSSR count). The van der Waals surface area contributed by atoms with Crippen molar-refractivity contribution in [1.82, 2.24) is 9.66 Å². The monoisotopic (exact) mass is 515 g/mol. The molecule has 0 saturated heterocycles. The number of benzene rings is 2. The number of fused-ring (bicyclic) bond motifs is 1. The molecule has 0 aliphatic heterocycles. The molecule has 32 heavy (non-hydrogen) atoms. The fourth-order valence-electron chi connectivity index (χ4n) is 4.05. The quantitative estimate of drug-likeness (QED) is 0.334. The van der Waals surface area contributed by atoms with Crippen molar-refractivity contribution in [2.75, 3.05) is 0 Å². The fourth-order valence-corrected chi connectivity index (χ4v) is 4.59. The Labute approximate surface area is 201 Å². The van der Waals surface area contributed by atoms with Crippen LogP contribution in [0.4, 0.5) is 0 Å². The first kappa shape index (κ1) is 23.0. The molecule has 3 aromatic rings. The second kappa shape index (κ2) is 10.2. The van der Waals surface area contributed by atoms with E-state index in [0.29, 0.717) is 21.7 Å². The molecule has 5 nitrogen and oxygen atoms in total. The van der Waals surface area contributed by atoms with E-state index in [1.165, 1.54) is 11.1 Å². The standard InChI is InChI=1S/C25H27BrClN3O2/c1-3-16(2)32-23-12-10-20(27)13-18(23)15-28-30-24(17-7-5-4-6-8-17)29-22-11-9-19(26)14-21(22)25(30)31/h9-17H,3-8H2,1-2H3/t16-/m0/s1. The van der Waals surface area contributed by atoms with Gasteiger partial charge in [0.1, 0.15) is 11.6 Å². The predicted octanol–water partition coefficient (Wildman–Crippen LogP) is 6.92. The second-order valence-corrected chi connectivity index (χ2v) is 9.70. The maximum absolute atomic E-state index is 13.5. The van der Waals surface area contributed by atoms with E-state index in [0.717, 1.165) is 48.0 Å². The molecule has 1 aliphatic rings. The Bertz CT molecular complexity index is 1200. The van der Waals surface area contributed by atoms with Crippen LogP contribution in [0.5, 0.6) is 5.75 Å². The number of hydrogen-bond donors (Lipinski definition) is 0. The predicted molar refractivity (Wildman–Crippen MR) is 134 cm³/mol. The average Bonchev–Trinajstić information content (AvgIpc) is 2.80. The van der Waals surface area contributed by atoms with E-state index < -0.39 is 0 Å². The number of aromatic nitrogens is 2.